The molecule has 19 heavy (non-hydrogen) atoms. The molecule has 2 rings (SSSR count). The molecule has 2 aromatic rings. The maximum absolute atomic E-state index is 12.4. The maximum atomic E-state index is 12.4. The first-order valence-corrected chi connectivity index (χ1v) is 7.13. The van der Waals surface area contributed by atoms with E-state index >= 15 is 0 Å². The number of sulfone groups is 1. The largest absolute Gasteiger partial charge is 0.410 e. The summed E-state index contributed by atoms with van der Waals surface area (Å²) in [6, 6.07) is 14.7. The van der Waals surface area contributed by atoms with Crippen molar-refractivity contribution in [1.29, 1.82) is 0 Å². The zero-order valence-corrected chi connectivity index (χ0v) is 11.1. The molecule has 4 nitrogen and oxygen atoms in total. The van der Waals surface area contributed by atoms with E-state index in [2.05, 4.69) is 5.16 Å². The van der Waals surface area contributed by atoms with Crippen molar-refractivity contribution < 1.29 is 13.6 Å². The molecule has 0 spiro atoms. The molecule has 98 valence electrons. The maximum Gasteiger partial charge on any atom is 0.227 e. The van der Waals surface area contributed by atoms with E-state index in [1.807, 2.05) is 6.92 Å². The van der Waals surface area contributed by atoms with Gasteiger partial charge in [0.05, 0.1) is 4.90 Å². The SMILES string of the molecule is Cc1ccc(S(=O)(=O)C(=NO)c2ccccc2)cc1. The minimum Gasteiger partial charge on any atom is -0.410 e. The van der Waals surface area contributed by atoms with Crippen molar-refractivity contribution in [1.82, 2.24) is 0 Å². The quantitative estimate of drug-likeness (QED) is 0.396. The Hall–Kier alpha value is -2.14. The third-order valence-corrected chi connectivity index (χ3v) is 4.42. The minimum absolute atomic E-state index is 0.106. The number of nitrogens with zero attached hydrogens (tertiary/aromatic N) is 1. The highest BCUT2D eigenvalue weighted by Gasteiger charge is 2.24. The van der Waals surface area contributed by atoms with Crippen molar-refractivity contribution in [2.75, 3.05) is 0 Å². The standard InChI is InChI=1S/C14H13NO3S/c1-11-7-9-13(10-8-11)19(17,18)14(15-16)12-5-3-2-4-6-12/h2-10,16H,1H3. The van der Waals surface area contributed by atoms with E-state index in [1.165, 1.54) is 12.1 Å². The fourth-order valence-corrected chi connectivity index (χ4v) is 2.95. The predicted molar refractivity (Wildman–Crippen MR) is 73.1 cm³/mol. The first kappa shape index (κ1) is 13.3. The van der Waals surface area contributed by atoms with Gasteiger partial charge in [-0.15, -0.1) is 0 Å². The van der Waals surface area contributed by atoms with Crippen LogP contribution in [0, 0.1) is 6.92 Å². The number of aryl methyl sites for hydroxylation is 1. The van der Waals surface area contributed by atoms with E-state index in [-0.39, 0.29) is 9.94 Å². The van der Waals surface area contributed by atoms with Crippen molar-refractivity contribution in [3.8, 4) is 0 Å². The van der Waals surface area contributed by atoms with Gasteiger partial charge in [-0.05, 0) is 19.1 Å². The van der Waals surface area contributed by atoms with Crippen LogP contribution in [0.25, 0.3) is 0 Å². The Labute approximate surface area is 111 Å². The van der Waals surface area contributed by atoms with Gasteiger partial charge in [-0.3, -0.25) is 0 Å². The molecule has 1 N–H and O–H groups in total. The van der Waals surface area contributed by atoms with Crippen molar-refractivity contribution in [2.24, 2.45) is 5.16 Å². The summed E-state index contributed by atoms with van der Waals surface area (Å²) < 4.78 is 24.8. The fourth-order valence-electron chi connectivity index (χ4n) is 1.68. The van der Waals surface area contributed by atoms with Crippen LogP contribution >= 0.6 is 0 Å². The summed E-state index contributed by atoms with van der Waals surface area (Å²) in [5, 5.41) is 11.6. The van der Waals surface area contributed by atoms with E-state index < -0.39 is 9.84 Å². The van der Waals surface area contributed by atoms with Gasteiger partial charge >= 0.3 is 0 Å². The Morgan fingerprint density at radius 2 is 1.58 bits per heavy atom. The molecule has 5 heteroatoms. The number of hydrogen-bond donors (Lipinski definition) is 1. The smallest absolute Gasteiger partial charge is 0.227 e. The van der Waals surface area contributed by atoms with Crippen molar-refractivity contribution >= 4 is 14.9 Å². The molecular weight excluding hydrogens is 262 g/mol. The molecule has 0 aliphatic heterocycles. The molecule has 0 radical (unpaired) electrons. The molecule has 0 aliphatic carbocycles. The van der Waals surface area contributed by atoms with Gasteiger partial charge in [0.15, 0.2) is 0 Å². The van der Waals surface area contributed by atoms with Gasteiger partial charge in [0.25, 0.3) is 0 Å². The summed E-state index contributed by atoms with van der Waals surface area (Å²) >= 11 is 0. The predicted octanol–water partition coefficient (Wildman–Crippen LogP) is 2.60. The molecule has 0 aromatic heterocycles. The summed E-state index contributed by atoms with van der Waals surface area (Å²) in [4.78, 5) is 0.106. The third-order valence-electron chi connectivity index (χ3n) is 2.70. The zero-order valence-electron chi connectivity index (χ0n) is 10.3. The Morgan fingerprint density at radius 1 is 1.00 bits per heavy atom. The minimum atomic E-state index is -3.82. The number of oxime groups is 1. The Bertz CT molecular complexity index is 689. The summed E-state index contributed by atoms with van der Waals surface area (Å²) in [6.07, 6.45) is 0. The summed E-state index contributed by atoms with van der Waals surface area (Å²) in [7, 11) is -3.82. The Kier molecular flexibility index (Phi) is 3.66. The van der Waals surface area contributed by atoms with Crippen LogP contribution in [-0.4, -0.2) is 18.7 Å². The van der Waals surface area contributed by atoms with Gasteiger partial charge in [0, 0.05) is 5.56 Å². The highest BCUT2D eigenvalue weighted by molar-refractivity contribution is 8.07. The van der Waals surface area contributed by atoms with Crippen molar-refractivity contribution in [2.45, 2.75) is 11.8 Å². The first-order valence-electron chi connectivity index (χ1n) is 5.65. The fraction of sp³-hybridized carbons (Fsp3) is 0.0714. The van der Waals surface area contributed by atoms with Gasteiger partial charge in [0.1, 0.15) is 0 Å². The summed E-state index contributed by atoms with van der Waals surface area (Å²) in [5.41, 5.74) is 1.31. The lowest BCUT2D eigenvalue weighted by molar-refractivity contribution is 0.320. The molecule has 0 fully saturated rings. The first-order chi connectivity index (χ1) is 9.05. The van der Waals surface area contributed by atoms with E-state index in [9.17, 15) is 8.42 Å². The molecule has 0 atom stereocenters. The van der Waals surface area contributed by atoms with E-state index in [4.69, 9.17) is 5.21 Å². The topological polar surface area (TPSA) is 66.7 Å². The monoisotopic (exact) mass is 275 g/mol. The van der Waals surface area contributed by atoms with Gasteiger partial charge in [-0.25, -0.2) is 8.42 Å². The van der Waals surface area contributed by atoms with Crippen LogP contribution in [0.3, 0.4) is 0 Å². The second-order valence-electron chi connectivity index (χ2n) is 4.09. The summed E-state index contributed by atoms with van der Waals surface area (Å²) in [5.74, 6) is 0. The Balaban J connectivity index is 2.52. The lowest BCUT2D eigenvalue weighted by atomic mass is 10.2. The van der Waals surface area contributed by atoms with Crippen molar-refractivity contribution in [3.05, 3.63) is 65.7 Å². The van der Waals surface area contributed by atoms with Crippen LogP contribution in [-0.2, 0) is 9.84 Å². The van der Waals surface area contributed by atoms with E-state index in [0.29, 0.717) is 5.56 Å². The number of benzene rings is 2. The normalized spacial score (nSPS) is 12.4. The second-order valence-corrected chi connectivity index (χ2v) is 5.95. The van der Waals surface area contributed by atoms with Crippen LogP contribution in [0.1, 0.15) is 11.1 Å². The van der Waals surface area contributed by atoms with Crippen LogP contribution in [0.2, 0.25) is 0 Å². The van der Waals surface area contributed by atoms with Crippen LogP contribution < -0.4 is 0 Å². The van der Waals surface area contributed by atoms with E-state index in [1.54, 1.807) is 42.5 Å². The molecule has 0 heterocycles. The Morgan fingerprint density at radius 3 is 2.11 bits per heavy atom. The van der Waals surface area contributed by atoms with E-state index in [0.717, 1.165) is 5.56 Å². The third kappa shape index (κ3) is 2.66. The average molecular weight is 275 g/mol. The molecule has 0 saturated carbocycles. The van der Waals surface area contributed by atoms with Gasteiger partial charge in [0.2, 0.25) is 14.9 Å². The molecule has 0 unspecified atom stereocenters. The molecule has 2 aromatic carbocycles. The zero-order chi connectivity index (χ0) is 13.9. The van der Waals surface area contributed by atoms with Crippen molar-refractivity contribution in [3.63, 3.8) is 0 Å². The molecule has 0 aliphatic rings. The van der Waals surface area contributed by atoms with Gasteiger partial charge < -0.3 is 5.21 Å². The number of rotatable bonds is 2. The molecule has 0 saturated heterocycles. The van der Waals surface area contributed by atoms with Crippen LogP contribution in [0.15, 0.2) is 64.6 Å². The number of hydrogen-bond acceptors (Lipinski definition) is 4. The molecular formula is C14H13NO3S. The highest BCUT2D eigenvalue weighted by Crippen LogP contribution is 2.17. The van der Waals surface area contributed by atoms with Gasteiger partial charge in [-0.1, -0.05) is 53.2 Å². The molecule has 0 bridgehead atoms. The van der Waals surface area contributed by atoms with Crippen LogP contribution in [0.5, 0.6) is 0 Å². The van der Waals surface area contributed by atoms with Gasteiger partial charge in [-0.2, -0.15) is 0 Å². The average Bonchev–Trinajstić information content (AvgIpc) is 2.41. The molecule has 0 amide bonds. The lowest BCUT2D eigenvalue weighted by Gasteiger charge is -2.06. The second kappa shape index (κ2) is 5.24. The highest BCUT2D eigenvalue weighted by atomic mass is 32.2. The lowest BCUT2D eigenvalue weighted by Crippen LogP contribution is -2.16. The summed E-state index contributed by atoms with van der Waals surface area (Å²) in [6.45, 7) is 1.87. The van der Waals surface area contributed by atoms with Crippen LogP contribution in [0.4, 0.5) is 0 Å².